The van der Waals surface area contributed by atoms with Crippen LogP contribution in [0.15, 0.2) is 24.3 Å². The fourth-order valence-electron chi connectivity index (χ4n) is 2.07. The number of carboxylic acid groups (broad SMARTS) is 1. The van der Waals surface area contributed by atoms with Crippen LogP contribution in [0.5, 0.6) is 0 Å². The van der Waals surface area contributed by atoms with Gasteiger partial charge in [0.25, 0.3) is 0 Å². The van der Waals surface area contributed by atoms with Crippen molar-refractivity contribution in [2.75, 3.05) is 11.9 Å². The maximum Gasteiger partial charge on any atom is 0.307 e. The number of nitrogens with one attached hydrogen (secondary N) is 1. The van der Waals surface area contributed by atoms with Gasteiger partial charge in [0.2, 0.25) is 5.91 Å². The molecule has 0 saturated carbocycles. The number of hydrogen-bond donors (Lipinski definition) is 3. The summed E-state index contributed by atoms with van der Waals surface area (Å²) >= 11 is 0. The molecule has 5 heteroatoms. The molecule has 1 rings (SSSR count). The molecule has 0 radical (unpaired) electrons. The van der Waals surface area contributed by atoms with E-state index in [1.165, 1.54) is 0 Å². The highest BCUT2D eigenvalue weighted by molar-refractivity contribution is 5.90. The summed E-state index contributed by atoms with van der Waals surface area (Å²) in [5, 5.41) is 11.5. The number of carboxylic acids is 1. The minimum absolute atomic E-state index is 0.0124. The molecular formula is C16H24N2O3. The molecule has 1 aromatic carbocycles. The number of anilines is 1. The summed E-state index contributed by atoms with van der Waals surface area (Å²) in [4.78, 5) is 22.5. The van der Waals surface area contributed by atoms with E-state index in [-0.39, 0.29) is 17.7 Å². The van der Waals surface area contributed by atoms with E-state index in [0.29, 0.717) is 24.2 Å². The number of carbonyl (C=O) groups excluding carboxylic acids is 1. The summed E-state index contributed by atoms with van der Waals surface area (Å²) < 4.78 is 0. The lowest BCUT2D eigenvalue weighted by atomic mass is 9.84. The van der Waals surface area contributed by atoms with Crippen molar-refractivity contribution in [3.63, 3.8) is 0 Å². The number of amides is 1. The normalized spacial score (nSPS) is 11.2. The van der Waals surface area contributed by atoms with Crippen molar-refractivity contribution in [1.29, 1.82) is 0 Å². The summed E-state index contributed by atoms with van der Waals surface area (Å²) in [6, 6.07) is 6.87. The van der Waals surface area contributed by atoms with Crippen LogP contribution in [0.3, 0.4) is 0 Å². The lowest BCUT2D eigenvalue weighted by Crippen LogP contribution is -2.20. The maximum absolute atomic E-state index is 11.9. The Morgan fingerprint density at radius 3 is 2.33 bits per heavy atom. The predicted octanol–water partition coefficient (Wildman–Crippen LogP) is 2.41. The fourth-order valence-corrected chi connectivity index (χ4v) is 2.07. The third-order valence-electron chi connectivity index (χ3n) is 3.44. The van der Waals surface area contributed by atoms with Crippen LogP contribution in [-0.2, 0) is 16.0 Å². The topological polar surface area (TPSA) is 92.4 Å². The summed E-state index contributed by atoms with van der Waals surface area (Å²) in [7, 11) is 0. The molecule has 0 aliphatic heterocycles. The van der Waals surface area contributed by atoms with E-state index in [1.807, 2.05) is 0 Å². The minimum atomic E-state index is -0.867. The van der Waals surface area contributed by atoms with Gasteiger partial charge in [0.15, 0.2) is 0 Å². The Hall–Kier alpha value is -1.88. The van der Waals surface area contributed by atoms with Gasteiger partial charge in [0.05, 0.1) is 6.42 Å². The molecule has 1 amide bonds. The van der Waals surface area contributed by atoms with Gasteiger partial charge in [-0.1, -0.05) is 26.0 Å². The second kappa shape index (κ2) is 7.78. The fraction of sp³-hybridized carbons (Fsp3) is 0.500. The first-order valence-corrected chi connectivity index (χ1v) is 7.13. The molecule has 0 aliphatic carbocycles. The van der Waals surface area contributed by atoms with E-state index in [2.05, 4.69) is 19.2 Å². The van der Waals surface area contributed by atoms with Crippen LogP contribution >= 0.6 is 0 Å². The van der Waals surface area contributed by atoms with Crippen LogP contribution in [0.25, 0.3) is 0 Å². The number of aliphatic carboxylic acids is 1. The Morgan fingerprint density at radius 2 is 1.81 bits per heavy atom. The van der Waals surface area contributed by atoms with Crippen LogP contribution in [0.2, 0.25) is 0 Å². The van der Waals surface area contributed by atoms with Gasteiger partial charge in [-0.05, 0) is 42.5 Å². The largest absolute Gasteiger partial charge is 0.481 e. The quantitative estimate of drug-likeness (QED) is 0.686. The summed E-state index contributed by atoms with van der Waals surface area (Å²) in [5.41, 5.74) is 7.02. The molecule has 0 aliphatic rings. The molecule has 0 aromatic heterocycles. The first-order valence-electron chi connectivity index (χ1n) is 7.13. The third kappa shape index (κ3) is 6.90. The SMILES string of the molecule is CC(C)(CCN)CCC(=O)Nc1ccc(CC(=O)O)cc1. The van der Waals surface area contributed by atoms with Crippen molar-refractivity contribution >= 4 is 17.6 Å². The van der Waals surface area contributed by atoms with Gasteiger partial charge in [0, 0.05) is 12.1 Å². The van der Waals surface area contributed by atoms with Crippen LogP contribution < -0.4 is 11.1 Å². The van der Waals surface area contributed by atoms with Gasteiger partial charge in [-0.25, -0.2) is 0 Å². The predicted molar refractivity (Wildman–Crippen MR) is 83.1 cm³/mol. The second-order valence-corrected chi connectivity index (χ2v) is 6.02. The lowest BCUT2D eigenvalue weighted by molar-refractivity contribution is -0.136. The average molecular weight is 292 g/mol. The zero-order chi connectivity index (χ0) is 15.9. The molecule has 0 saturated heterocycles. The number of hydrogen-bond acceptors (Lipinski definition) is 3. The number of nitrogens with two attached hydrogens (primary N) is 1. The van der Waals surface area contributed by atoms with Crippen molar-refractivity contribution in [2.45, 2.75) is 39.5 Å². The van der Waals surface area contributed by atoms with Crippen LogP contribution in [0.1, 0.15) is 38.7 Å². The Bertz CT molecular complexity index is 481. The van der Waals surface area contributed by atoms with Crippen molar-refractivity contribution in [1.82, 2.24) is 0 Å². The Balaban J connectivity index is 2.46. The number of carbonyl (C=O) groups is 2. The second-order valence-electron chi connectivity index (χ2n) is 6.02. The zero-order valence-corrected chi connectivity index (χ0v) is 12.7. The molecular weight excluding hydrogens is 268 g/mol. The van der Waals surface area contributed by atoms with E-state index in [4.69, 9.17) is 10.8 Å². The van der Waals surface area contributed by atoms with E-state index >= 15 is 0 Å². The molecule has 21 heavy (non-hydrogen) atoms. The van der Waals surface area contributed by atoms with Crippen molar-refractivity contribution in [3.05, 3.63) is 29.8 Å². The molecule has 0 fully saturated rings. The highest BCUT2D eigenvalue weighted by Crippen LogP contribution is 2.26. The number of benzene rings is 1. The summed E-state index contributed by atoms with van der Waals surface area (Å²) in [6.45, 7) is 4.83. The van der Waals surface area contributed by atoms with E-state index in [0.717, 1.165) is 12.8 Å². The molecule has 0 unspecified atom stereocenters. The van der Waals surface area contributed by atoms with Gasteiger partial charge in [-0.2, -0.15) is 0 Å². The monoisotopic (exact) mass is 292 g/mol. The minimum Gasteiger partial charge on any atom is -0.481 e. The van der Waals surface area contributed by atoms with Gasteiger partial charge >= 0.3 is 5.97 Å². The van der Waals surface area contributed by atoms with Gasteiger partial charge in [-0.15, -0.1) is 0 Å². The highest BCUT2D eigenvalue weighted by atomic mass is 16.4. The van der Waals surface area contributed by atoms with E-state index in [9.17, 15) is 9.59 Å². The standard InChI is InChI=1S/C16H24N2O3/c1-16(2,9-10-17)8-7-14(19)18-13-5-3-12(4-6-13)11-15(20)21/h3-6H,7-11,17H2,1-2H3,(H,18,19)(H,20,21). The van der Waals surface area contributed by atoms with Crippen LogP contribution in [0, 0.1) is 5.41 Å². The first-order chi connectivity index (χ1) is 9.82. The molecule has 4 N–H and O–H groups in total. The van der Waals surface area contributed by atoms with Gasteiger partial charge in [0.1, 0.15) is 0 Å². The number of rotatable bonds is 8. The highest BCUT2D eigenvalue weighted by Gasteiger charge is 2.18. The lowest BCUT2D eigenvalue weighted by Gasteiger charge is -2.23. The van der Waals surface area contributed by atoms with E-state index < -0.39 is 5.97 Å². The Labute approximate surface area is 125 Å². The van der Waals surface area contributed by atoms with E-state index in [1.54, 1.807) is 24.3 Å². The molecule has 1 aromatic rings. The zero-order valence-electron chi connectivity index (χ0n) is 12.7. The van der Waals surface area contributed by atoms with Crippen molar-refractivity contribution in [3.8, 4) is 0 Å². The van der Waals surface area contributed by atoms with Crippen LogP contribution in [-0.4, -0.2) is 23.5 Å². The summed E-state index contributed by atoms with van der Waals surface area (Å²) in [5.74, 6) is -0.903. The molecule has 116 valence electrons. The smallest absolute Gasteiger partial charge is 0.307 e. The molecule has 5 nitrogen and oxygen atoms in total. The van der Waals surface area contributed by atoms with Crippen molar-refractivity contribution < 1.29 is 14.7 Å². The molecule has 0 spiro atoms. The molecule has 0 bridgehead atoms. The maximum atomic E-state index is 11.9. The van der Waals surface area contributed by atoms with Crippen LogP contribution in [0.4, 0.5) is 5.69 Å². The van der Waals surface area contributed by atoms with Crippen molar-refractivity contribution in [2.24, 2.45) is 11.1 Å². The molecule has 0 heterocycles. The van der Waals surface area contributed by atoms with Gasteiger partial charge < -0.3 is 16.2 Å². The third-order valence-corrected chi connectivity index (χ3v) is 3.44. The Kier molecular flexibility index (Phi) is 6.37. The average Bonchev–Trinajstić information content (AvgIpc) is 2.38. The molecule has 0 atom stereocenters. The Morgan fingerprint density at radius 1 is 1.19 bits per heavy atom. The summed E-state index contributed by atoms with van der Waals surface area (Å²) in [6.07, 6.45) is 2.11. The first kappa shape index (κ1) is 17.2. The van der Waals surface area contributed by atoms with Gasteiger partial charge in [-0.3, -0.25) is 9.59 Å².